The molecule has 1 aliphatic rings. The summed E-state index contributed by atoms with van der Waals surface area (Å²) in [6.07, 6.45) is 24.1. The Bertz CT molecular complexity index is 1010. The smallest absolute Gasteiger partial charge is 0.394 e. The zero-order valence-corrected chi connectivity index (χ0v) is 33.9. The number of hydrogen-bond donors (Lipinski definition) is 6. The number of allylic oxidation sites excluding steroid dienone is 1. The molecule has 0 bridgehead atoms. The van der Waals surface area contributed by atoms with Gasteiger partial charge in [-0.2, -0.15) is 8.42 Å². The zero-order chi connectivity index (χ0) is 39.2. The van der Waals surface area contributed by atoms with E-state index in [1.165, 1.54) is 116 Å². The molecule has 0 aromatic heterocycles. The van der Waals surface area contributed by atoms with Crippen molar-refractivity contribution in [1.29, 1.82) is 0 Å². The van der Waals surface area contributed by atoms with Crippen molar-refractivity contribution in [3.05, 3.63) is 12.2 Å². The van der Waals surface area contributed by atoms with Crippen LogP contribution in [-0.2, 0) is 28.9 Å². The third-order valence-corrected chi connectivity index (χ3v) is 10.5. The fourth-order valence-electron chi connectivity index (χ4n) is 6.75. The van der Waals surface area contributed by atoms with Gasteiger partial charge >= 0.3 is 10.4 Å². The summed E-state index contributed by atoms with van der Waals surface area (Å²) in [6.45, 7) is 3.34. The highest BCUT2D eigenvalue weighted by Crippen LogP contribution is 2.26. The van der Waals surface area contributed by atoms with Crippen molar-refractivity contribution >= 4 is 16.3 Å². The maximum atomic E-state index is 12.9. The fourth-order valence-corrected chi connectivity index (χ4v) is 7.27. The van der Waals surface area contributed by atoms with E-state index >= 15 is 0 Å². The molecule has 0 aromatic carbocycles. The Morgan fingerprint density at radius 1 is 0.736 bits per heavy atom. The van der Waals surface area contributed by atoms with Crippen LogP contribution >= 0.6 is 0 Å². The van der Waals surface area contributed by atoms with E-state index in [2.05, 4.69) is 23.3 Å². The van der Waals surface area contributed by atoms with Gasteiger partial charge in [0.25, 0.3) is 0 Å². The minimum Gasteiger partial charge on any atom is -0.394 e. The van der Waals surface area contributed by atoms with Crippen LogP contribution in [-0.4, -0.2) is 95.4 Å². The molecule has 1 saturated heterocycles. The number of aliphatic hydroxyl groups excluding tert-OH is 4. The molecule has 0 saturated carbocycles. The summed E-state index contributed by atoms with van der Waals surface area (Å²) in [4.78, 5) is 12.9. The molecule has 1 aliphatic heterocycles. The van der Waals surface area contributed by atoms with Gasteiger partial charge < -0.3 is 35.2 Å². The van der Waals surface area contributed by atoms with Gasteiger partial charge in [-0.05, 0) is 19.3 Å². The number of ether oxygens (including phenoxy) is 2. The van der Waals surface area contributed by atoms with Crippen LogP contribution in [0.2, 0.25) is 0 Å². The van der Waals surface area contributed by atoms with E-state index in [1.54, 1.807) is 6.08 Å². The van der Waals surface area contributed by atoms with Gasteiger partial charge in [0.15, 0.2) is 6.29 Å². The average molecular weight is 780 g/mol. The van der Waals surface area contributed by atoms with Gasteiger partial charge in [0.05, 0.1) is 25.4 Å². The van der Waals surface area contributed by atoms with Crippen LogP contribution in [0.4, 0.5) is 0 Å². The highest BCUT2D eigenvalue weighted by molar-refractivity contribution is 7.80. The lowest BCUT2D eigenvalue weighted by Gasteiger charge is -2.41. The highest BCUT2D eigenvalue weighted by atomic mass is 32.3. The van der Waals surface area contributed by atoms with Gasteiger partial charge in [-0.25, -0.2) is 4.18 Å². The van der Waals surface area contributed by atoms with Crippen LogP contribution < -0.4 is 5.32 Å². The third kappa shape index (κ3) is 25.6. The number of amides is 1. The van der Waals surface area contributed by atoms with Crippen LogP contribution in [0, 0.1) is 0 Å². The Hall–Kier alpha value is -1.16. The molecule has 0 aromatic rings. The summed E-state index contributed by atoms with van der Waals surface area (Å²) in [5.41, 5.74) is 0. The molecule has 13 heteroatoms. The Balaban J connectivity index is 2.57. The molecule has 314 valence electrons. The lowest BCUT2D eigenvalue weighted by Crippen LogP contribution is -2.61. The SMILES string of the molecule is CCCCCCCCCCCCC/C=C/[C@@H](O)[C@H](CO[C@@H]1O[C@@H](CO)[C@@H](OS(=O)(=O)O)[C@H](O)[C@@H]1O)NC(=O)CCCCCCCCCCCCCCC. The van der Waals surface area contributed by atoms with Crippen LogP contribution in [0.25, 0.3) is 0 Å². The summed E-state index contributed by atoms with van der Waals surface area (Å²) in [6, 6.07) is -0.912. The first-order valence-corrected chi connectivity index (χ1v) is 22.4. The van der Waals surface area contributed by atoms with Crippen molar-refractivity contribution in [1.82, 2.24) is 5.32 Å². The van der Waals surface area contributed by atoms with Crippen LogP contribution in [0.5, 0.6) is 0 Å². The summed E-state index contributed by atoms with van der Waals surface area (Å²) in [7, 11) is -5.03. The molecule has 6 N–H and O–H groups in total. The topological polar surface area (TPSA) is 192 Å². The molecule has 1 amide bonds. The molecule has 7 atom stereocenters. The second-order valence-corrected chi connectivity index (χ2v) is 16.0. The molecule has 0 radical (unpaired) electrons. The van der Waals surface area contributed by atoms with E-state index in [4.69, 9.17) is 14.0 Å². The van der Waals surface area contributed by atoms with Crippen LogP contribution in [0.15, 0.2) is 12.2 Å². The average Bonchev–Trinajstić information content (AvgIpc) is 3.12. The Morgan fingerprint density at radius 3 is 1.64 bits per heavy atom. The minimum absolute atomic E-state index is 0.250. The number of carbonyl (C=O) groups excluding carboxylic acids is 1. The van der Waals surface area contributed by atoms with Gasteiger partial charge in [-0.1, -0.05) is 167 Å². The van der Waals surface area contributed by atoms with E-state index in [9.17, 15) is 33.6 Å². The predicted octanol–water partition coefficient (Wildman–Crippen LogP) is 7.21. The Kier molecular flexibility index (Phi) is 30.1. The zero-order valence-electron chi connectivity index (χ0n) is 33.1. The van der Waals surface area contributed by atoms with Gasteiger partial charge in [-0.15, -0.1) is 0 Å². The quantitative estimate of drug-likeness (QED) is 0.0216. The van der Waals surface area contributed by atoms with Crippen molar-refractivity contribution in [3.8, 4) is 0 Å². The molecule has 1 fully saturated rings. The summed E-state index contributed by atoms with van der Waals surface area (Å²) in [5.74, 6) is -0.250. The lowest BCUT2D eigenvalue weighted by atomic mass is 9.99. The first-order chi connectivity index (χ1) is 25.5. The number of hydrogen-bond acceptors (Lipinski definition) is 10. The number of nitrogens with one attached hydrogen (secondary N) is 1. The van der Waals surface area contributed by atoms with Crippen molar-refractivity contribution in [3.63, 3.8) is 0 Å². The second-order valence-electron chi connectivity index (χ2n) is 14.9. The Labute approximate surface area is 321 Å². The monoisotopic (exact) mass is 780 g/mol. The standard InChI is InChI=1S/C40H77NO11S/c1-3-5-7-9-11-13-15-17-19-21-23-25-27-29-34(43)33(32-50-40-38(46)37(45)39(35(31-42)51-40)52-53(47,48)49)41-36(44)30-28-26-24-22-20-18-16-14-12-10-8-6-4-2/h27,29,33-35,37-40,42-43,45-46H,3-26,28,30-32H2,1-2H3,(H,41,44)(H,47,48,49)/b29-27+/t33-,34+,35-,37+,38-,39+,40+/m0/s1. The van der Waals surface area contributed by atoms with E-state index in [1.807, 2.05) is 6.08 Å². The second kappa shape index (κ2) is 32.0. The van der Waals surface area contributed by atoms with Crippen LogP contribution in [0.1, 0.15) is 181 Å². The molecule has 0 aliphatic carbocycles. The predicted molar refractivity (Wildman–Crippen MR) is 209 cm³/mol. The van der Waals surface area contributed by atoms with Crippen molar-refractivity contribution in [2.45, 2.75) is 224 Å². The van der Waals surface area contributed by atoms with E-state index in [0.29, 0.717) is 6.42 Å². The number of unbranched alkanes of at least 4 members (excludes halogenated alkanes) is 23. The number of aliphatic hydroxyl groups is 4. The lowest BCUT2D eigenvalue weighted by molar-refractivity contribution is -0.298. The van der Waals surface area contributed by atoms with Gasteiger partial charge in [0, 0.05) is 6.42 Å². The van der Waals surface area contributed by atoms with Crippen molar-refractivity contribution < 1.29 is 51.8 Å². The molecule has 53 heavy (non-hydrogen) atoms. The number of carbonyl (C=O) groups is 1. The summed E-state index contributed by atoms with van der Waals surface area (Å²) < 4.78 is 47.1. The largest absolute Gasteiger partial charge is 0.397 e. The van der Waals surface area contributed by atoms with E-state index in [-0.39, 0.29) is 18.9 Å². The van der Waals surface area contributed by atoms with E-state index < -0.39 is 59.9 Å². The number of rotatable bonds is 35. The molecule has 0 spiro atoms. The van der Waals surface area contributed by atoms with E-state index in [0.717, 1.165) is 38.5 Å². The molecule has 0 unspecified atom stereocenters. The summed E-state index contributed by atoms with van der Waals surface area (Å²) >= 11 is 0. The van der Waals surface area contributed by atoms with Gasteiger partial charge in [-0.3, -0.25) is 9.35 Å². The van der Waals surface area contributed by atoms with Gasteiger partial charge in [0.1, 0.15) is 24.4 Å². The normalized spacial score (nSPS) is 22.0. The first kappa shape index (κ1) is 49.9. The fraction of sp³-hybridized carbons (Fsp3) is 0.925. The molecular formula is C40H77NO11S. The molecule has 12 nitrogen and oxygen atoms in total. The van der Waals surface area contributed by atoms with Crippen LogP contribution in [0.3, 0.4) is 0 Å². The van der Waals surface area contributed by atoms with Gasteiger partial charge in [0.2, 0.25) is 5.91 Å². The first-order valence-electron chi connectivity index (χ1n) is 21.1. The Morgan fingerprint density at radius 2 is 1.19 bits per heavy atom. The van der Waals surface area contributed by atoms with Crippen molar-refractivity contribution in [2.75, 3.05) is 13.2 Å². The highest BCUT2D eigenvalue weighted by Gasteiger charge is 2.47. The third-order valence-electron chi connectivity index (χ3n) is 10.1. The van der Waals surface area contributed by atoms with Crippen molar-refractivity contribution in [2.24, 2.45) is 0 Å². The summed E-state index contributed by atoms with van der Waals surface area (Å²) in [5, 5.41) is 44.6. The molecule has 1 heterocycles. The maximum Gasteiger partial charge on any atom is 0.397 e. The molecular weight excluding hydrogens is 703 g/mol. The maximum absolute atomic E-state index is 12.9. The molecule has 1 rings (SSSR count). The minimum atomic E-state index is -5.03.